The molecule has 0 spiro atoms. The van der Waals surface area contributed by atoms with Gasteiger partial charge < -0.3 is 10.2 Å². The Morgan fingerprint density at radius 3 is 2.84 bits per heavy atom. The molecule has 4 rings (SSSR count). The van der Waals surface area contributed by atoms with Gasteiger partial charge in [-0.2, -0.15) is 16.9 Å². The van der Waals surface area contributed by atoms with E-state index < -0.39 is 0 Å². The van der Waals surface area contributed by atoms with E-state index in [0.717, 1.165) is 56.3 Å². The van der Waals surface area contributed by atoms with Crippen LogP contribution in [0.15, 0.2) is 12.7 Å². The van der Waals surface area contributed by atoms with Crippen molar-refractivity contribution in [3.05, 3.63) is 29.6 Å². The van der Waals surface area contributed by atoms with Gasteiger partial charge in [-0.25, -0.2) is 0 Å². The molecule has 1 saturated heterocycles. The topological polar surface area (TPSA) is 50.2 Å². The van der Waals surface area contributed by atoms with Gasteiger partial charge in [-0.15, -0.1) is 6.58 Å². The van der Waals surface area contributed by atoms with Crippen molar-refractivity contribution in [3.63, 3.8) is 0 Å². The van der Waals surface area contributed by atoms with Crippen LogP contribution >= 0.6 is 11.8 Å². The van der Waals surface area contributed by atoms with Crippen molar-refractivity contribution in [1.29, 1.82) is 0 Å². The van der Waals surface area contributed by atoms with Crippen LogP contribution in [0.3, 0.4) is 0 Å². The van der Waals surface area contributed by atoms with E-state index in [-0.39, 0.29) is 5.91 Å². The smallest absolute Gasteiger partial charge is 0.274 e. The van der Waals surface area contributed by atoms with Gasteiger partial charge in [-0.05, 0) is 44.6 Å². The zero-order valence-electron chi connectivity index (χ0n) is 14.9. The molecule has 1 N–H and O–H groups in total. The molecule has 136 valence electrons. The summed E-state index contributed by atoms with van der Waals surface area (Å²) in [6.07, 6.45) is 7.69. The molecule has 1 aromatic heterocycles. The minimum Gasteiger partial charge on any atom is -0.336 e. The van der Waals surface area contributed by atoms with Crippen LogP contribution in [0.5, 0.6) is 0 Å². The standard InChI is InChI=1S/C19H28N4OS/c1-2-7-23-17-6-5-15(20-13-14-3-4-14)12-16(17)18(21-23)19(24)22-8-10-25-11-9-22/h2,14-15,20H,1,3-13H2/t15-/m1/s1. The SMILES string of the molecule is C=CCn1nc(C(=O)N2CCSCC2)c2c1CC[C@@H](NCC1CC1)C2. The predicted octanol–water partition coefficient (Wildman–Crippen LogP) is 2.11. The monoisotopic (exact) mass is 360 g/mol. The molecule has 1 atom stereocenters. The van der Waals surface area contributed by atoms with Gasteiger partial charge in [0.05, 0.1) is 6.54 Å². The molecule has 0 radical (unpaired) electrons. The van der Waals surface area contributed by atoms with Crippen molar-refractivity contribution >= 4 is 17.7 Å². The molecule has 0 unspecified atom stereocenters. The molecule has 0 bridgehead atoms. The lowest BCUT2D eigenvalue weighted by molar-refractivity contribution is 0.0764. The van der Waals surface area contributed by atoms with E-state index in [0.29, 0.717) is 18.3 Å². The maximum Gasteiger partial charge on any atom is 0.274 e. The summed E-state index contributed by atoms with van der Waals surface area (Å²) in [5.74, 6) is 3.08. The summed E-state index contributed by atoms with van der Waals surface area (Å²) in [5.41, 5.74) is 3.13. The molecule has 1 aromatic rings. The molecular weight excluding hydrogens is 332 g/mol. The Labute approximate surface area is 154 Å². The molecular formula is C19H28N4OS. The summed E-state index contributed by atoms with van der Waals surface area (Å²) < 4.78 is 2.01. The largest absolute Gasteiger partial charge is 0.336 e. The van der Waals surface area contributed by atoms with Gasteiger partial charge in [-0.1, -0.05) is 6.08 Å². The third-order valence-corrected chi connectivity index (χ3v) is 6.48. The second kappa shape index (κ2) is 7.54. The first-order valence-corrected chi connectivity index (χ1v) is 10.7. The van der Waals surface area contributed by atoms with Crippen molar-refractivity contribution in [2.45, 2.75) is 44.7 Å². The molecule has 1 aliphatic heterocycles. The lowest BCUT2D eigenvalue weighted by atomic mass is 9.91. The van der Waals surface area contributed by atoms with Gasteiger partial charge in [0, 0.05) is 41.9 Å². The summed E-state index contributed by atoms with van der Waals surface area (Å²) in [5, 5.41) is 8.44. The van der Waals surface area contributed by atoms with Gasteiger partial charge in [-0.3, -0.25) is 9.48 Å². The lowest BCUT2D eigenvalue weighted by Gasteiger charge is -2.27. The first-order valence-electron chi connectivity index (χ1n) is 9.56. The van der Waals surface area contributed by atoms with Crippen LogP contribution in [0.4, 0.5) is 0 Å². The molecule has 3 aliphatic rings. The Kier molecular flexibility index (Phi) is 5.17. The van der Waals surface area contributed by atoms with E-state index in [1.807, 2.05) is 27.4 Å². The lowest BCUT2D eigenvalue weighted by Crippen LogP contribution is -2.40. The number of hydrogen-bond donors (Lipinski definition) is 1. The zero-order chi connectivity index (χ0) is 17.2. The second-order valence-electron chi connectivity index (χ2n) is 7.44. The maximum atomic E-state index is 13.1. The van der Waals surface area contributed by atoms with Crippen LogP contribution in [0.2, 0.25) is 0 Å². The van der Waals surface area contributed by atoms with Gasteiger partial charge in [0.15, 0.2) is 5.69 Å². The molecule has 2 fully saturated rings. The Bertz CT molecular complexity index is 646. The quantitative estimate of drug-likeness (QED) is 0.790. The van der Waals surface area contributed by atoms with Crippen LogP contribution in [-0.2, 0) is 19.4 Å². The summed E-state index contributed by atoms with van der Waals surface area (Å²) >= 11 is 1.93. The van der Waals surface area contributed by atoms with Gasteiger partial charge >= 0.3 is 0 Å². The number of amides is 1. The van der Waals surface area contributed by atoms with Crippen molar-refractivity contribution in [2.24, 2.45) is 5.92 Å². The Hall–Kier alpha value is -1.27. The van der Waals surface area contributed by atoms with Gasteiger partial charge in [0.1, 0.15) is 0 Å². The number of rotatable bonds is 6. The fourth-order valence-electron chi connectivity index (χ4n) is 3.88. The number of nitrogens with one attached hydrogen (secondary N) is 1. The second-order valence-corrected chi connectivity index (χ2v) is 8.67. The third-order valence-electron chi connectivity index (χ3n) is 5.54. The molecule has 1 amide bonds. The number of carbonyl (C=O) groups excluding carboxylic acids is 1. The summed E-state index contributed by atoms with van der Waals surface area (Å²) in [6.45, 7) is 7.35. The summed E-state index contributed by atoms with van der Waals surface area (Å²) in [4.78, 5) is 15.1. The molecule has 2 aliphatic carbocycles. The number of fused-ring (bicyclic) bond motifs is 1. The van der Waals surface area contributed by atoms with Crippen LogP contribution in [-0.4, -0.2) is 57.8 Å². The van der Waals surface area contributed by atoms with E-state index in [2.05, 4.69) is 11.9 Å². The highest BCUT2D eigenvalue weighted by atomic mass is 32.2. The van der Waals surface area contributed by atoms with Gasteiger partial charge in [0.25, 0.3) is 5.91 Å². The maximum absolute atomic E-state index is 13.1. The highest BCUT2D eigenvalue weighted by molar-refractivity contribution is 7.99. The highest BCUT2D eigenvalue weighted by Crippen LogP contribution is 2.30. The fourth-order valence-corrected chi connectivity index (χ4v) is 4.78. The first-order chi connectivity index (χ1) is 12.3. The van der Waals surface area contributed by atoms with Crippen molar-refractivity contribution in [2.75, 3.05) is 31.1 Å². The predicted molar refractivity (Wildman–Crippen MR) is 102 cm³/mol. The molecule has 5 nitrogen and oxygen atoms in total. The Morgan fingerprint density at radius 2 is 2.12 bits per heavy atom. The van der Waals surface area contributed by atoms with Crippen molar-refractivity contribution < 1.29 is 4.79 Å². The number of hydrogen-bond acceptors (Lipinski definition) is 4. The number of carbonyl (C=O) groups is 1. The Balaban J connectivity index is 1.55. The molecule has 2 heterocycles. The van der Waals surface area contributed by atoms with Crippen molar-refractivity contribution in [3.8, 4) is 0 Å². The molecule has 1 saturated carbocycles. The number of thioether (sulfide) groups is 1. The van der Waals surface area contributed by atoms with Gasteiger partial charge in [0.2, 0.25) is 0 Å². The number of aromatic nitrogens is 2. The van der Waals surface area contributed by atoms with E-state index in [4.69, 9.17) is 5.10 Å². The summed E-state index contributed by atoms with van der Waals surface area (Å²) in [6, 6.07) is 0.484. The van der Waals surface area contributed by atoms with E-state index >= 15 is 0 Å². The number of nitrogens with zero attached hydrogens (tertiary/aromatic N) is 3. The Morgan fingerprint density at radius 1 is 1.32 bits per heavy atom. The first kappa shape index (κ1) is 17.2. The van der Waals surface area contributed by atoms with Crippen LogP contribution in [0.1, 0.15) is 41.0 Å². The van der Waals surface area contributed by atoms with E-state index in [1.54, 1.807) is 0 Å². The molecule has 6 heteroatoms. The molecule has 25 heavy (non-hydrogen) atoms. The van der Waals surface area contributed by atoms with Crippen molar-refractivity contribution in [1.82, 2.24) is 20.0 Å². The fraction of sp³-hybridized carbons (Fsp3) is 0.684. The normalized spacial score (nSPS) is 23.4. The minimum absolute atomic E-state index is 0.127. The van der Waals surface area contributed by atoms with Crippen LogP contribution in [0.25, 0.3) is 0 Å². The third kappa shape index (κ3) is 3.80. The van der Waals surface area contributed by atoms with Crippen LogP contribution in [0, 0.1) is 5.92 Å². The number of allylic oxidation sites excluding steroid dienone is 1. The average Bonchev–Trinajstić information content (AvgIpc) is 3.42. The highest BCUT2D eigenvalue weighted by Gasteiger charge is 2.32. The average molecular weight is 361 g/mol. The van der Waals surface area contributed by atoms with Crippen LogP contribution < -0.4 is 5.32 Å². The zero-order valence-corrected chi connectivity index (χ0v) is 15.7. The van der Waals surface area contributed by atoms with E-state index in [1.165, 1.54) is 24.1 Å². The minimum atomic E-state index is 0.127. The summed E-state index contributed by atoms with van der Waals surface area (Å²) in [7, 11) is 0. The van der Waals surface area contributed by atoms with E-state index in [9.17, 15) is 4.79 Å². The molecule has 0 aromatic carbocycles.